The Balaban J connectivity index is 0. The highest BCUT2D eigenvalue weighted by atomic mass is 31.2. The van der Waals surface area contributed by atoms with Crippen molar-refractivity contribution in [3.63, 3.8) is 0 Å². The molecule has 0 atom stereocenters. The molecule has 12 heteroatoms. The molecule has 0 aliphatic rings. The van der Waals surface area contributed by atoms with Gasteiger partial charge in [-0.25, -0.2) is 0 Å². The molecule has 0 bridgehead atoms. The number of unbranched alkanes of at least 4 members (excludes halogenated alkanes) is 4. The van der Waals surface area contributed by atoms with Crippen LogP contribution in [0.15, 0.2) is 48.5 Å². The van der Waals surface area contributed by atoms with E-state index in [9.17, 15) is 10.1 Å². The maximum absolute atomic E-state index is 10.7. The van der Waals surface area contributed by atoms with Crippen LogP contribution in [0.2, 0.25) is 0 Å². The van der Waals surface area contributed by atoms with Crippen molar-refractivity contribution in [3.05, 3.63) is 64.2 Å². The quantitative estimate of drug-likeness (QED) is 0.0645. The van der Waals surface area contributed by atoms with Gasteiger partial charge in [-0.2, -0.15) is 0 Å². The maximum atomic E-state index is 10.7. The lowest BCUT2D eigenvalue weighted by molar-refractivity contribution is -0.929. The number of hydrogen-bond acceptors (Lipinski definition) is 6. The van der Waals surface area contributed by atoms with E-state index in [2.05, 4.69) is 33.0 Å². The number of non-ortho nitro benzene ring substituents is 1. The lowest BCUT2D eigenvalue weighted by Gasteiger charge is -2.39. The first kappa shape index (κ1) is 40.6. The Hall–Kier alpha value is -2.53. The Bertz CT molecular complexity index is 945. The molecule has 0 aliphatic carbocycles. The monoisotopic (exact) mass is 600 g/mol. The van der Waals surface area contributed by atoms with Crippen LogP contribution in [0, 0.1) is 10.1 Å². The Morgan fingerprint density at radius 1 is 0.854 bits per heavy atom. The topological polar surface area (TPSA) is 193 Å². The minimum absolute atomic E-state index is 0. The zero-order valence-electron chi connectivity index (χ0n) is 25.3. The summed E-state index contributed by atoms with van der Waals surface area (Å²) in [4.78, 5) is 33.2. The van der Waals surface area contributed by atoms with E-state index in [-0.39, 0.29) is 11.2 Å². The van der Waals surface area contributed by atoms with Crippen molar-refractivity contribution in [2.24, 2.45) is 0 Å². The number of nitrogen functional groups attached to an aromatic ring is 1. The van der Waals surface area contributed by atoms with Gasteiger partial charge in [-0.1, -0.05) is 83.7 Å². The number of nitro groups is 1. The fourth-order valence-electron chi connectivity index (χ4n) is 4.25. The third kappa shape index (κ3) is 20.9. The van der Waals surface area contributed by atoms with Gasteiger partial charge in [0.1, 0.15) is 0 Å². The number of anilines is 2. The number of rotatable bonds is 16. The molecule has 236 valence electrons. The zero-order valence-corrected chi connectivity index (χ0v) is 26.2. The van der Waals surface area contributed by atoms with E-state index in [0.29, 0.717) is 17.9 Å². The normalized spacial score (nSPS) is 10.8. The van der Waals surface area contributed by atoms with Gasteiger partial charge in [-0.3, -0.25) is 14.7 Å². The Labute approximate surface area is 246 Å². The summed E-state index contributed by atoms with van der Waals surface area (Å²) in [5.74, 6) is 0. The van der Waals surface area contributed by atoms with Crippen molar-refractivity contribution in [2.45, 2.75) is 85.6 Å². The van der Waals surface area contributed by atoms with Gasteiger partial charge in [0.2, 0.25) is 0 Å². The molecule has 0 radical (unpaired) electrons. The molecule has 2 rings (SSSR count). The highest BCUT2D eigenvalue weighted by molar-refractivity contribution is 7.43. The number of phosphoric acid groups is 1. The van der Waals surface area contributed by atoms with E-state index in [4.69, 9.17) is 25.0 Å². The van der Waals surface area contributed by atoms with Gasteiger partial charge in [0.25, 0.3) is 13.5 Å². The van der Waals surface area contributed by atoms with Gasteiger partial charge in [-0.05, 0) is 37.3 Å². The molecule has 0 fully saturated rings. The summed E-state index contributed by atoms with van der Waals surface area (Å²) in [5, 5.41) is 13.8. The minimum Gasteiger partial charge on any atom is -0.756 e. The van der Waals surface area contributed by atoms with Crippen LogP contribution < -0.4 is 15.9 Å². The average Bonchev–Trinajstić information content (AvgIpc) is 2.91. The van der Waals surface area contributed by atoms with Crippen LogP contribution in [-0.4, -0.2) is 50.8 Å². The first-order valence-corrected chi connectivity index (χ1v) is 15.9. The molecule has 7 N–H and O–H groups in total. The van der Waals surface area contributed by atoms with Crippen molar-refractivity contribution in [2.75, 3.05) is 37.2 Å². The largest absolute Gasteiger partial charge is 0.756 e. The molecule has 0 amide bonds. The summed E-state index contributed by atoms with van der Waals surface area (Å²) >= 11 is 0. The molecular weight excluding hydrogens is 547 g/mol. The van der Waals surface area contributed by atoms with E-state index < -0.39 is 12.7 Å². The third-order valence-corrected chi connectivity index (χ3v) is 6.52. The van der Waals surface area contributed by atoms with Gasteiger partial charge in [0.15, 0.2) is 0 Å². The molecule has 0 aromatic heterocycles. The van der Waals surface area contributed by atoms with Crippen molar-refractivity contribution in [1.82, 2.24) is 0 Å². The molecule has 41 heavy (non-hydrogen) atoms. The first-order chi connectivity index (χ1) is 18.9. The fraction of sp³-hybridized carbons (Fsp3) is 0.586. The van der Waals surface area contributed by atoms with Crippen molar-refractivity contribution in [3.8, 4) is 0 Å². The number of nitrogens with two attached hydrogens (primary N) is 1. The number of benzene rings is 2. The Morgan fingerprint density at radius 2 is 1.27 bits per heavy atom. The number of nitrogens with one attached hydrogen (secondary N) is 1. The van der Waals surface area contributed by atoms with Crippen LogP contribution in [0.5, 0.6) is 0 Å². The Morgan fingerprint density at radius 3 is 1.63 bits per heavy atom. The smallest absolute Gasteiger partial charge is 0.271 e. The van der Waals surface area contributed by atoms with Gasteiger partial charge in [0, 0.05) is 18.7 Å². The lowest BCUT2D eigenvalue weighted by atomic mass is 10.1. The third-order valence-electron chi connectivity index (χ3n) is 6.52. The molecule has 0 saturated heterocycles. The van der Waals surface area contributed by atoms with Crippen molar-refractivity contribution < 1.29 is 34.1 Å². The molecule has 2 aromatic rings. The zero-order chi connectivity index (χ0) is 30.4. The Kier molecular flexibility index (Phi) is 22.9. The molecule has 0 aliphatic heterocycles. The van der Waals surface area contributed by atoms with E-state index in [1.165, 1.54) is 100 Å². The van der Waals surface area contributed by atoms with Crippen LogP contribution in [0.1, 0.15) is 84.6 Å². The lowest BCUT2D eigenvalue weighted by Crippen LogP contribution is -2.50. The highest BCUT2D eigenvalue weighted by Gasteiger charge is 2.24. The SMILES string of the molecule is CCCC[N+](CCCC)(CCCC)CCCC.Nc1ccc([N+](=O)[O-])cc1NCc1ccccc1.O.O=P([O-])(O)O. The van der Waals surface area contributed by atoms with Crippen molar-refractivity contribution >= 4 is 24.9 Å². The van der Waals surface area contributed by atoms with Crippen molar-refractivity contribution in [1.29, 1.82) is 0 Å². The number of quaternary nitrogens is 1. The summed E-state index contributed by atoms with van der Waals surface area (Å²) in [5.41, 5.74) is 7.96. The summed E-state index contributed by atoms with van der Waals surface area (Å²) in [6, 6.07) is 14.1. The minimum atomic E-state index is -4.89. The fourth-order valence-corrected chi connectivity index (χ4v) is 4.25. The van der Waals surface area contributed by atoms with Crippen LogP contribution >= 0.6 is 7.82 Å². The molecule has 2 aromatic carbocycles. The van der Waals surface area contributed by atoms with E-state index in [0.717, 1.165) is 5.56 Å². The highest BCUT2D eigenvalue weighted by Crippen LogP contribution is 2.25. The van der Waals surface area contributed by atoms with Crippen LogP contribution in [0.4, 0.5) is 17.1 Å². The predicted molar refractivity (Wildman–Crippen MR) is 166 cm³/mol. The van der Waals surface area contributed by atoms with E-state index >= 15 is 0 Å². The van der Waals surface area contributed by atoms with E-state index in [1.807, 2.05) is 30.3 Å². The van der Waals surface area contributed by atoms with Crippen LogP contribution in [-0.2, 0) is 11.1 Å². The van der Waals surface area contributed by atoms with E-state index in [1.54, 1.807) is 0 Å². The average molecular weight is 601 g/mol. The molecule has 0 heterocycles. The number of nitrogens with zero attached hydrogens (tertiary/aromatic N) is 2. The van der Waals surface area contributed by atoms with Crippen LogP contribution in [0.25, 0.3) is 0 Å². The van der Waals surface area contributed by atoms with Gasteiger partial charge >= 0.3 is 0 Å². The molecule has 0 saturated carbocycles. The molecule has 0 unspecified atom stereocenters. The van der Waals surface area contributed by atoms with Gasteiger partial charge < -0.3 is 35.7 Å². The second-order valence-corrected chi connectivity index (χ2v) is 11.0. The standard InChI is InChI=1S/C16H36N.C13H13N3O2.H3O4P.H2O/c1-5-9-13-17(14-10-6-2,15-11-7-3)16-12-8-4;14-12-7-6-11(16(17)18)8-13(12)15-9-10-4-2-1-3-5-10;1-5(2,3)4;/h5-16H2,1-4H3;1-8,15H,9,14H2;(H3,1,2,3,4);1H2/q+1;;;/p-1. The second-order valence-electron chi connectivity index (χ2n) is 10.0. The molecule has 0 spiro atoms. The number of hydrogen-bond donors (Lipinski definition) is 4. The predicted octanol–water partition coefficient (Wildman–Crippen LogP) is 5.41. The molecular formula is C29H53N4O7P. The number of nitro benzene ring substituents is 1. The van der Waals surface area contributed by atoms with Gasteiger partial charge in [0.05, 0.1) is 42.5 Å². The van der Waals surface area contributed by atoms with Gasteiger partial charge in [-0.15, -0.1) is 0 Å². The molecule has 11 nitrogen and oxygen atoms in total. The van der Waals surface area contributed by atoms with Crippen LogP contribution in [0.3, 0.4) is 0 Å². The summed E-state index contributed by atoms with van der Waals surface area (Å²) in [6.07, 6.45) is 11.1. The summed E-state index contributed by atoms with van der Waals surface area (Å²) in [7, 11) is -4.89. The first-order valence-electron chi connectivity index (χ1n) is 14.3. The summed E-state index contributed by atoms with van der Waals surface area (Å²) in [6.45, 7) is 15.6. The summed E-state index contributed by atoms with van der Waals surface area (Å²) < 4.78 is 10.2. The second kappa shape index (κ2) is 23.1. The maximum Gasteiger partial charge on any atom is 0.271 e.